The lowest BCUT2D eigenvalue weighted by Gasteiger charge is -1.93. The van der Waals surface area contributed by atoms with E-state index in [1.165, 1.54) is 11.6 Å². The van der Waals surface area contributed by atoms with Gasteiger partial charge in [-0.05, 0) is 4.92 Å². The number of nitrogens with zero attached hydrogens (tertiary/aromatic N) is 4. The van der Waals surface area contributed by atoms with Crippen molar-refractivity contribution in [1.29, 1.82) is 5.26 Å². The molecule has 6 nitrogen and oxygen atoms in total. The molecule has 0 aromatic carbocycles. The van der Waals surface area contributed by atoms with Crippen LogP contribution < -0.4 is 0 Å². The molecule has 0 saturated heterocycles. The first-order valence-electron chi connectivity index (χ1n) is 3.18. The van der Waals surface area contributed by atoms with Gasteiger partial charge in [0.05, 0.1) is 13.1 Å². The first-order valence-corrected chi connectivity index (χ1v) is 3.18. The van der Waals surface area contributed by atoms with Crippen molar-refractivity contribution in [2.75, 3.05) is 0 Å². The SMILES string of the molecule is Cn1c([N+](=O)[O-])cnc1CC#N. The summed E-state index contributed by atoms with van der Waals surface area (Å²) in [6.07, 6.45) is 1.23. The predicted octanol–water partition coefficient (Wildman–Crippen LogP) is 0.394. The van der Waals surface area contributed by atoms with Crippen LogP contribution in [0.5, 0.6) is 0 Å². The van der Waals surface area contributed by atoms with Gasteiger partial charge in [-0.3, -0.25) is 0 Å². The zero-order valence-corrected chi connectivity index (χ0v) is 6.39. The fraction of sp³-hybridized carbons (Fsp3) is 0.333. The van der Waals surface area contributed by atoms with Gasteiger partial charge in [0.1, 0.15) is 12.6 Å². The molecule has 1 aromatic rings. The van der Waals surface area contributed by atoms with Gasteiger partial charge in [0.15, 0.2) is 0 Å². The van der Waals surface area contributed by atoms with Gasteiger partial charge in [-0.2, -0.15) is 5.26 Å². The fourth-order valence-electron chi connectivity index (χ4n) is 0.842. The molecule has 0 N–H and O–H groups in total. The summed E-state index contributed by atoms with van der Waals surface area (Å²) in [5.41, 5.74) is 0. The number of imidazole rings is 1. The minimum absolute atomic E-state index is 0.0876. The van der Waals surface area contributed by atoms with E-state index in [0.29, 0.717) is 5.82 Å². The summed E-state index contributed by atoms with van der Waals surface area (Å²) in [5.74, 6) is 0.310. The second kappa shape index (κ2) is 3.00. The third-order valence-electron chi connectivity index (χ3n) is 1.48. The predicted molar refractivity (Wildman–Crippen MR) is 39.2 cm³/mol. The molecule has 0 aliphatic heterocycles. The van der Waals surface area contributed by atoms with Crippen LogP contribution in [0.25, 0.3) is 0 Å². The van der Waals surface area contributed by atoms with Crippen LogP contribution in [0.4, 0.5) is 5.82 Å². The monoisotopic (exact) mass is 166 g/mol. The summed E-state index contributed by atoms with van der Waals surface area (Å²) >= 11 is 0. The normalized spacial score (nSPS) is 9.33. The van der Waals surface area contributed by atoms with Crippen LogP contribution in [0.2, 0.25) is 0 Å². The van der Waals surface area contributed by atoms with Crippen LogP contribution in [0.3, 0.4) is 0 Å². The quantitative estimate of drug-likeness (QED) is 0.470. The molecule has 0 atom stereocenters. The summed E-state index contributed by atoms with van der Waals surface area (Å²) < 4.78 is 1.29. The Bertz CT molecular complexity index is 349. The highest BCUT2D eigenvalue weighted by molar-refractivity contribution is 5.19. The molecule has 0 bridgehead atoms. The minimum atomic E-state index is -0.534. The zero-order valence-electron chi connectivity index (χ0n) is 6.39. The fourth-order valence-corrected chi connectivity index (χ4v) is 0.842. The Balaban J connectivity index is 3.06. The van der Waals surface area contributed by atoms with Crippen molar-refractivity contribution < 1.29 is 4.92 Å². The van der Waals surface area contributed by atoms with Crippen molar-refractivity contribution in [3.63, 3.8) is 0 Å². The van der Waals surface area contributed by atoms with Crippen LogP contribution in [-0.4, -0.2) is 14.5 Å². The topological polar surface area (TPSA) is 84.8 Å². The highest BCUT2D eigenvalue weighted by Gasteiger charge is 2.15. The summed E-state index contributed by atoms with van der Waals surface area (Å²) in [6.45, 7) is 0. The molecule has 12 heavy (non-hydrogen) atoms. The molecule has 1 aromatic heterocycles. The van der Waals surface area contributed by atoms with Gasteiger partial charge in [0.25, 0.3) is 0 Å². The Labute approximate surface area is 68.2 Å². The van der Waals surface area contributed by atoms with Crippen molar-refractivity contribution in [3.8, 4) is 6.07 Å². The third-order valence-corrected chi connectivity index (χ3v) is 1.48. The van der Waals surface area contributed by atoms with Gasteiger partial charge in [-0.25, -0.2) is 9.55 Å². The molecule has 0 fully saturated rings. The summed E-state index contributed by atoms with van der Waals surface area (Å²) in [4.78, 5) is 13.5. The molecule has 0 amide bonds. The number of aromatic nitrogens is 2. The average Bonchev–Trinajstić information content (AvgIpc) is 2.34. The number of rotatable bonds is 2. The molecule has 0 aliphatic carbocycles. The number of hydrogen-bond acceptors (Lipinski definition) is 4. The standard InChI is InChI=1S/C6H6N4O2/c1-9-5(2-3-7)8-4-6(9)10(11)12/h4H,2H2,1H3. The second-order valence-corrected chi connectivity index (χ2v) is 2.18. The van der Waals surface area contributed by atoms with Crippen molar-refractivity contribution >= 4 is 5.82 Å². The van der Waals surface area contributed by atoms with Gasteiger partial charge < -0.3 is 10.1 Å². The van der Waals surface area contributed by atoms with Crippen LogP contribution in [-0.2, 0) is 13.5 Å². The third kappa shape index (κ3) is 1.25. The minimum Gasteiger partial charge on any atom is -0.358 e. The maximum atomic E-state index is 10.3. The molecule has 1 rings (SSSR count). The van der Waals surface area contributed by atoms with Gasteiger partial charge in [-0.15, -0.1) is 0 Å². The highest BCUT2D eigenvalue weighted by atomic mass is 16.6. The van der Waals surface area contributed by atoms with E-state index < -0.39 is 4.92 Å². The van der Waals surface area contributed by atoms with Crippen LogP contribution in [0.1, 0.15) is 5.82 Å². The van der Waals surface area contributed by atoms with E-state index in [-0.39, 0.29) is 12.2 Å². The Morgan fingerprint density at radius 2 is 2.58 bits per heavy atom. The Morgan fingerprint density at radius 1 is 1.92 bits per heavy atom. The Hall–Kier alpha value is -1.90. The molecule has 0 spiro atoms. The zero-order chi connectivity index (χ0) is 9.14. The van der Waals surface area contributed by atoms with E-state index >= 15 is 0 Å². The van der Waals surface area contributed by atoms with Crippen LogP contribution >= 0.6 is 0 Å². The van der Waals surface area contributed by atoms with Crippen LogP contribution in [0.15, 0.2) is 6.20 Å². The maximum absolute atomic E-state index is 10.3. The average molecular weight is 166 g/mol. The van der Waals surface area contributed by atoms with Gasteiger partial charge in [0.2, 0.25) is 5.82 Å². The van der Waals surface area contributed by atoms with Gasteiger partial charge in [-0.1, -0.05) is 0 Å². The van der Waals surface area contributed by atoms with E-state index in [9.17, 15) is 10.1 Å². The molecule has 62 valence electrons. The van der Waals surface area contributed by atoms with E-state index in [1.54, 1.807) is 0 Å². The van der Waals surface area contributed by atoms with Crippen molar-refractivity contribution in [1.82, 2.24) is 9.55 Å². The van der Waals surface area contributed by atoms with E-state index in [2.05, 4.69) is 4.98 Å². The van der Waals surface area contributed by atoms with E-state index in [4.69, 9.17) is 5.26 Å². The molecular formula is C6H6N4O2. The molecule has 0 unspecified atom stereocenters. The maximum Gasteiger partial charge on any atom is 0.342 e. The lowest BCUT2D eigenvalue weighted by molar-refractivity contribution is -0.391. The molecular weight excluding hydrogens is 160 g/mol. The number of nitro groups is 1. The van der Waals surface area contributed by atoms with Crippen LogP contribution in [0, 0.1) is 21.4 Å². The smallest absolute Gasteiger partial charge is 0.342 e. The highest BCUT2D eigenvalue weighted by Crippen LogP contribution is 2.11. The van der Waals surface area contributed by atoms with E-state index in [0.717, 1.165) is 6.20 Å². The lowest BCUT2D eigenvalue weighted by atomic mass is 10.4. The van der Waals surface area contributed by atoms with Gasteiger partial charge in [0, 0.05) is 0 Å². The summed E-state index contributed by atoms with van der Waals surface area (Å²) in [6, 6.07) is 1.87. The van der Waals surface area contributed by atoms with Crippen molar-refractivity contribution in [3.05, 3.63) is 22.1 Å². The number of hydrogen-bond donors (Lipinski definition) is 0. The first kappa shape index (κ1) is 8.20. The Kier molecular flexibility index (Phi) is 2.05. The number of nitriles is 1. The largest absolute Gasteiger partial charge is 0.358 e. The van der Waals surface area contributed by atoms with Crippen molar-refractivity contribution in [2.24, 2.45) is 7.05 Å². The van der Waals surface area contributed by atoms with Gasteiger partial charge >= 0.3 is 5.82 Å². The second-order valence-electron chi connectivity index (χ2n) is 2.18. The van der Waals surface area contributed by atoms with Crippen molar-refractivity contribution in [2.45, 2.75) is 6.42 Å². The molecule has 6 heteroatoms. The molecule has 0 aliphatic rings. The van der Waals surface area contributed by atoms with E-state index in [1.807, 2.05) is 6.07 Å². The Morgan fingerprint density at radius 3 is 3.00 bits per heavy atom. The molecule has 0 radical (unpaired) electrons. The summed E-state index contributed by atoms with van der Waals surface area (Å²) in [5, 5.41) is 18.6. The molecule has 0 saturated carbocycles. The first-order chi connectivity index (χ1) is 5.66. The molecule has 1 heterocycles. The summed E-state index contributed by atoms with van der Waals surface area (Å²) in [7, 11) is 1.51. The lowest BCUT2D eigenvalue weighted by Crippen LogP contribution is -2.00.